The topological polar surface area (TPSA) is 28.7 Å². The van der Waals surface area contributed by atoms with Gasteiger partial charge in [-0.15, -0.1) is 0 Å². The molecule has 0 fully saturated rings. The first kappa shape index (κ1) is 16.2. The summed E-state index contributed by atoms with van der Waals surface area (Å²) in [6, 6.07) is 16.5. The number of hydrogen-bond donors (Lipinski definition) is 0. The molecule has 3 rings (SSSR count). The molecular weight excluding hydrogens is 288 g/mol. The Morgan fingerprint density at radius 2 is 1.68 bits per heavy atom. The molecule has 0 atom stereocenters. The molecule has 0 spiro atoms. The normalized spacial score (nSPS) is 9.95. The summed E-state index contributed by atoms with van der Waals surface area (Å²) < 4.78 is 2.16. The third-order valence-electron chi connectivity index (χ3n) is 3.32. The first-order chi connectivity index (χ1) is 10.7. The van der Waals surface area contributed by atoms with Gasteiger partial charge in [0.1, 0.15) is 0 Å². The maximum absolute atomic E-state index is 8.99. The Balaban J connectivity index is 0.000000847. The van der Waals surface area contributed by atoms with Gasteiger partial charge in [-0.1, -0.05) is 31.5 Å². The predicted molar refractivity (Wildman–Crippen MR) is 95.2 cm³/mol. The quantitative estimate of drug-likeness (QED) is 0.606. The van der Waals surface area contributed by atoms with E-state index in [4.69, 9.17) is 5.26 Å². The number of aryl methyl sites for hydroxylation is 2. The second kappa shape index (κ2) is 7.20. The number of hydrogen-bond acceptors (Lipinski definition) is 2. The van der Waals surface area contributed by atoms with E-state index >= 15 is 0 Å². The zero-order valence-corrected chi connectivity index (χ0v) is 14.2. The second-order valence-electron chi connectivity index (χ2n) is 4.89. The molecule has 0 aliphatic heterocycles. The Kier molecular flexibility index (Phi) is 5.30. The van der Waals surface area contributed by atoms with Crippen LogP contribution in [0, 0.1) is 25.2 Å². The molecule has 1 aromatic heterocycles. The Morgan fingerprint density at radius 1 is 1.00 bits per heavy atom. The minimum atomic E-state index is 0.707. The van der Waals surface area contributed by atoms with E-state index in [1.165, 1.54) is 16.0 Å². The van der Waals surface area contributed by atoms with Gasteiger partial charge in [-0.3, -0.25) is 3.97 Å². The largest absolute Gasteiger partial charge is 0.287 e. The number of benzene rings is 2. The van der Waals surface area contributed by atoms with Gasteiger partial charge in [0.25, 0.3) is 0 Å². The van der Waals surface area contributed by atoms with Crippen LogP contribution >= 0.6 is 11.9 Å². The zero-order valence-electron chi connectivity index (χ0n) is 13.4. The third kappa shape index (κ3) is 3.35. The van der Waals surface area contributed by atoms with Gasteiger partial charge < -0.3 is 0 Å². The molecule has 22 heavy (non-hydrogen) atoms. The molecule has 0 unspecified atom stereocenters. The Morgan fingerprint density at radius 3 is 2.32 bits per heavy atom. The predicted octanol–water partition coefficient (Wildman–Crippen LogP) is 5.71. The molecule has 1 heterocycles. The molecule has 2 aromatic carbocycles. The molecule has 0 aliphatic rings. The van der Waals surface area contributed by atoms with Crippen molar-refractivity contribution in [3.63, 3.8) is 0 Å². The van der Waals surface area contributed by atoms with Gasteiger partial charge >= 0.3 is 0 Å². The van der Waals surface area contributed by atoms with Gasteiger partial charge in [-0.25, -0.2) is 0 Å². The average molecular weight is 308 g/mol. The van der Waals surface area contributed by atoms with Gasteiger partial charge in [0.2, 0.25) is 0 Å². The van der Waals surface area contributed by atoms with Gasteiger partial charge in [-0.2, -0.15) is 5.26 Å². The van der Waals surface area contributed by atoms with Crippen LogP contribution in [0.25, 0.3) is 10.9 Å². The molecule has 112 valence electrons. The van der Waals surface area contributed by atoms with Crippen LogP contribution < -0.4 is 0 Å². The van der Waals surface area contributed by atoms with Crippen LogP contribution in [0.15, 0.2) is 53.6 Å². The summed E-state index contributed by atoms with van der Waals surface area (Å²) in [6.45, 7) is 8.17. The maximum atomic E-state index is 8.99. The molecule has 0 radical (unpaired) electrons. The van der Waals surface area contributed by atoms with E-state index in [0.717, 1.165) is 10.9 Å². The second-order valence-corrected chi connectivity index (χ2v) is 5.93. The van der Waals surface area contributed by atoms with Crippen LogP contribution in [0.1, 0.15) is 30.5 Å². The highest BCUT2D eigenvalue weighted by Gasteiger charge is 2.07. The summed E-state index contributed by atoms with van der Waals surface area (Å²) in [4.78, 5) is 1.21. The number of aromatic nitrogens is 1. The highest BCUT2D eigenvalue weighted by atomic mass is 32.2. The summed E-state index contributed by atoms with van der Waals surface area (Å²) in [6.07, 6.45) is 2.12. The van der Waals surface area contributed by atoms with Crippen LogP contribution in [0.5, 0.6) is 0 Å². The number of nitrogens with zero attached hydrogens (tertiary/aromatic N) is 2. The lowest BCUT2D eigenvalue weighted by molar-refractivity contribution is 1.29. The standard InChI is InChI=1S/C17H14N2S.C2H6/c1-12-3-6-15(7-4-12)20-19-11-13(2)16-9-14(10-18)5-8-17(16)19;1-2/h3-9,11H,1-2H3;1-2H3. The van der Waals surface area contributed by atoms with Gasteiger partial charge in [0.05, 0.1) is 17.1 Å². The van der Waals surface area contributed by atoms with Crippen molar-refractivity contribution in [2.75, 3.05) is 0 Å². The summed E-state index contributed by atoms with van der Waals surface area (Å²) in [5.41, 5.74) is 4.31. The lowest BCUT2D eigenvalue weighted by Crippen LogP contribution is -1.85. The van der Waals surface area contributed by atoms with Crippen molar-refractivity contribution in [1.29, 1.82) is 5.26 Å². The van der Waals surface area contributed by atoms with Gasteiger partial charge in [-0.05, 0) is 61.7 Å². The molecule has 3 heteroatoms. The highest BCUT2D eigenvalue weighted by Crippen LogP contribution is 2.29. The van der Waals surface area contributed by atoms with E-state index in [2.05, 4.69) is 54.4 Å². The molecule has 0 N–H and O–H groups in total. The molecule has 3 aromatic rings. The zero-order chi connectivity index (χ0) is 16.1. The molecular formula is C19H20N2S. The van der Waals surface area contributed by atoms with E-state index in [0.29, 0.717) is 5.56 Å². The molecule has 0 amide bonds. The summed E-state index contributed by atoms with van der Waals surface area (Å²) in [5, 5.41) is 10.1. The van der Waals surface area contributed by atoms with E-state index in [1.807, 2.05) is 32.0 Å². The summed E-state index contributed by atoms with van der Waals surface area (Å²) in [7, 11) is 0. The van der Waals surface area contributed by atoms with Crippen molar-refractivity contribution in [1.82, 2.24) is 3.97 Å². The fraction of sp³-hybridized carbons (Fsp3) is 0.211. The van der Waals surface area contributed by atoms with Crippen molar-refractivity contribution in [2.45, 2.75) is 32.6 Å². The average Bonchev–Trinajstić information content (AvgIpc) is 2.87. The maximum Gasteiger partial charge on any atom is 0.0991 e. The van der Waals surface area contributed by atoms with Gasteiger partial charge in [0.15, 0.2) is 0 Å². The lowest BCUT2D eigenvalue weighted by Gasteiger charge is -2.04. The monoisotopic (exact) mass is 308 g/mol. The fourth-order valence-corrected chi connectivity index (χ4v) is 3.17. The van der Waals surface area contributed by atoms with Gasteiger partial charge in [0, 0.05) is 16.5 Å². The van der Waals surface area contributed by atoms with Crippen molar-refractivity contribution >= 4 is 22.9 Å². The van der Waals surface area contributed by atoms with Crippen LogP contribution in [-0.4, -0.2) is 3.97 Å². The minimum absolute atomic E-state index is 0.707. The molecule has 2 nitrogen and oxygen atoms in total. The Labute approximate surface area is 136 Å². The number of nitriles is 1. The third-order valence-corrected chi connectivity index (χ3v) is 4.31. The molecule has 0 saturated carbocycles. The smallest absolute Gasteiger partial charge is 0.0991 e. The van der Waals surface area contributed by atoms with Crippen molar-refractivity contribution in [3.8, 4) is 6.07 Å². The Bertz CT molecular complexity index is 808. The van der Waals surface area contributed by atoms with E-state index in [-0.39, 0.29) is 0 Å². The lowest BCUT2D eigenvalue weighted by atomic mass is 10.1. The minimum Gasteiger partial charge on any atom is -0.287 e. The van der Waals surface area contributed by atoms with E-state index in [9.17, 15) is 0 Å². The SMILES string of the molecule is CC.Cc1ccc(Sn2cc(C)c3cc(C#N)ccc32)cc1. The molecule has 0 saturated heterocycles. The van der Waals surface area contributed by atoms with E-state index < -0.39 is 0 Å². The van der Waals surface area contributed by atoms with Crippen LogP contribution in [0.2, 0.25) is 0 Å². The number of fused-ring (bicyclic) bond motifs is 1. The molecule has 0 bridgehead atoms. The first-order valence-corrected chi connectivity index (χ1v) is 8.21. The van der Waals surface area contributed by atoms with Crippen LogP contribution in [0.4, 0.5) is 0 Å². The Hall–Kier alpha value is -2.18. The van der Waals surface area contributed by atoms with Crippen molar-refractivity contribution < 1.29 is 0 Å². The van der Waals surface area contributed by atoms with E-state index in [1.54, 1.807) is 11.9 Å². The fourth-order valence-electron chi connectivity index (χ4n) is 2.22. The highest BCUT2D eigenvalue weighted by molar-refractivity contribution is 7.98. The number of rotatable bonds is 2. The first-order valence-electron chi connectivity index (χ1n) is 7.44. The van der Waals surface area contributed by atoms with Crippen LogP contribution in [-0.2, 0) is 0 Å². The van der Waals surface area contributed by atoms with Crippen molar-refractivity contribution in [2.24, 2.45) is 0 Å². The van der Waals surface area contributed by atoms with Crippen LogP contribution in [0.3, 0.4) is 0 Å². The summed E-state index contributed by atoms with van der Waals surface area (Å²) >= 11 is 1.69. The summed E-state index contributed by atoms with van der Waals surface area (Å²) in [5.74, 6) is 0. The van der Waals surface area contributed by atoms with Crippen molar-refractivity contribution in [3.05, 3.63) is 65.4 Å². The molecule has 0 aliphatic carbocycles.